The maximum absolute atomic E-state index is 10.5. The van der Waals surface area contributed by atoms with Gasteiger partial charge in [0.1, 0.15) is 0 Å². The molecule has 1 atom stereocenters. The SMILES string of the molecule is CCc1cc(Cl)c(C[C@H](O)c2ccc(OC)c(OC)c2)c(Cl)c1. The topological polar surface area (TPSA) is 38.7 Å². The molecule has 124 valence electrons. The van der Waals surface area contributed by atoms with Gasteiger partial charge in [-0.2, -0.15) is 0 Å². The van der Waals surface area contributed by atoms with Crippen molar-refractivity contribution >= 4 is 23.2 Å². The minimum absolute atomic E-state index is 0.331. The summed E-state index contributed by atoms with van der Waals surface area (Å²) in [4.78, 5) is 0. The van der Waals surface area contributed by atoms with Gasteiger partial charge in [-0.1, -0.05) is 36.2 Å². The molecule has 0 spiro atoms. The zero-order chi connectivity index (χ0) is 17.0. The van der Waals surface area contributed by atoms with Crippen molar-refractivity contribution in [3.05, 3.63) is 57.1 Å². The van der Waals surface area contributed by atoms with Crippen LogP contribution < -0.4 is 9.47 Å². The van der Waals surface area contributed by atoms with Gasteiger partial charge in [-0.3, -0.25) is 0 Å². The maximum Gasteiger partial charge on any atom is 0.161 e. The van der Waals surface area contributed by atoms with Gasteiger partial charge in [0.05, 0.1) is 20.3 Å². The fourth-order valence-electron chi connectivity index (χ4n) is 2.43. The second kappa shape index (κ2) is 7.91. The highest BCUT2D eigenvalue weighted by atomic mass is 35.5. The number of halogens is 2. The fraction of sp³-hybridized carbons (Fsp3) is 0.333. The van der Waals surface area contributed by atoms with Crippen molar-refractivity contribution < 1.29 is 14.6 Å². The van der Waals surface area contributed by atoms with E-state index in [0.29, 0.717) is 33.5 Å². The molecule has 0 aliphatic heterocycles. The molecule has 3 nitrogen and oxygen atoms in total. The Morgan fingerprint density at radius 3 is 2.13 bits per heavy atom. The summed E-state index contributed by atoms with van der Waals surface area (Å²) in [7, 11) is 3.13. The average molecular weight is 355 g/mol. The minimum Gasteiger partial charge on any atom is -0.493 e. The molecule has 0 saturated carbocycles. The Balaban J connectivity index is 2.27. The summed E-state index contributed by atoms with van der Waals surface area (Å²) in [6.07, 6.45) is 0.451. The van der Waals surface area contributed by atoms with Crippen LogP contribution in [0.3, 0.4) is 0 Å². The summed E-state index contributed by atoms with van der Waals surface area (Å²) >= 11 is 12.6. The van der Waals surface area contributed by atoms with Crippen molar-refractivity contribution in [1.82, 2.24) is 0 Å². The number of benzene rings is 2. The number of ether oxygens (including phenoxy) is 2. The van der Waals surface area contributed by atoms with Crippen molar-refractivity contribution in [3.63, 3.8) is 0 Å². The van der Waals surface area contributed by atoms with Crippen LogP contribution in [0.25, 0.3) is 0 Å². The third-order valence-corrected chi connectivity index (χ3v) is 4.47. The minimum atomic E-state index is -0.739. The first-order chi connectivity index (χ1) is 11.0. The molecule has 2 rings (SSSR count). The number of aliphatic hydroxyl groups excluding tert-OH is 1. The average Bonchev–Trinajstić information content (AvgIpc) is 2.56. The van der Waals surface area contributed by atoms with Gasteiger partial charge in [0.25, 0.3) is 0 Å². The first kappa shape index (κ1) is 17.9. The van der Waals surface area contributed by atoms with Gasteiger partial charge in [-0.15, -0.1) is 0 Å². The van der Waals surface area contributed by atoms with Crippen molar-refractivity contribution in [2.45, 2.75) is 25.9 Å². The molecule has 0 saturated heterocycles. The molecular formula is C18H20Cl2O3. The molecule has 23 heavy (non-hydrogen) atoms. The lowest BCUT2D eigenvalue weighted by atomic mass is 9.99. The van der Waals surface area contributed by atoms with Crippen molar-refractivity contribution in [2.75, 3.05) is 14.2 Å². The number of hydrogen-bond donors (Lipinski definition) is 1. The van der Waals surface area contributed by atoms with Crippen LogP contribution in [0.5, 0.6) is 11.5 Å². The first-order valence-electron chi connectivity index (χ1n) is 7.36. The molecular weight excluding hydrogens is 335 g/mol. The van der Waals surface area contributed by atoms with E-state index in [4.69, 9.17) is 32.7 Å². The molecule has 0 heterocycles. The Kier molecular flexibility index (Phi) is 6.17. The largest absolute Gasteiger partial charge is 0.493 e. The molecule has 0 bridgehead atoms. The zero-order valence-electron chi connectivity index (χ0n) is 13.4. The van der Waals surface area contributed by atoms with Crippen LogP contribution in [0.15, 0.2) is 30.3 Å². The number of rotatable bonds is 6. The van der Waals surface area contributed by atoms with E-state index >= 15 is 0 Å². The second-order valence-corrected chi connectivity index (χ2v) is 6.04. The molecule has 2 aromatic carbocycles. The third kappa shape index (κ3) is 4.11. The Morgan fingerprint density at radius 1 is 1.00 bits per heavy atom. The summed E-state index contributed by atoms with van der Waals surface area (Å²) in [5.74, 6) is 1.19. The Labute approximate surface area is 146 Å². The van der Waals surface area contributed by atoms with Crippen LogP contribution in [-0.2, 0) is 12.8 Å². The van der Waals surface area contributed by atoms with E-state index in [-0.39, 0.29) is 0 Å². The smallest absolute Gasteiger partial charge is 0.161 e. The van der Waals surface area contributed by atoms with Gasteiger partial charge < -0.3 is 14.6 Å². The zero-order valence-corrected chi connectivity index (χ0v) is 14.9. The van der Waals surface area contributed by atoms with Crippen LogP contribution in [0, 0.1) is 0 Å². The molecule has 1 N–H and O–H groups in total. The van der Waals surface area contributed by atoms with Gasteiger partial charge in [0.15, 0.2) is 11.5 Å². The summed E-state index contributed by atoms with van der Waals surface area (Å²) < 4.78 is 10.5. The molecule has 2 aromatic rings. The first-order valence-corrected chi connectivity index (χ1v) is 8.12. The number of aryl methyl sites for hydroxylation is 1. The molecule has 0 aliphatic carbocycles. The molecule has 0 unspecified atom stereocenters. The summed E-state index contributed by atoms with van der Waals surface area (Å²) in [6.45, 7) is 2.04. The number of hydrogen-bond acceptors (Lipinski definition) is 3. The van der Waals surface area contributed by atoms with Gasteiger partial charge in [0, 0.05) is 16.5 Å². The lowest BCUT2D eigenvalue weighted by Gasteiger charge is -2.16. The summed E-state index contributed by atoms with van der Waals surface area (Å²) in [6, 6.07) is 9.11. The van der Waals surface area contributed by atoms with Gasteiger partial charge in [-0.05, 0) is 47.4 Å². The van der Waals surface area contributed by atoms with Crippen molar-refractivity contribution in [1.29, 1.82) is 0 Å². The van der Waals surface area contributed by atoms with E-state index in [9.17, 15) is 5.11 Å². The lowest BCUT2D eigenvalue weighted by molar-refractivity contribution is 0.178. The van der Waals surface area contributed by atoms with E-state index in [1.165, 1.54) is 0 Å². The highest BCUT2D eigenvalue weighted by Crippen LogP contribution is 2.34. The second-order valence-electron chi connectivity index (χ2n) is 5.23. The fourth-order valence-corrected chi connectivity index (χ4v) is 3.11. The van der Waals surface area contributed by atoms with Gasteiger partial charge in [0.2, 0.25) is 0 Å². The van der Waals surface area contributed by atoms with E-state index in [1.807, 2.05) is 19.1 Å². The van der Waals surface area contributed by atoms with E-state index < -0.39 is 6.10 Å². The van der Waals surface area contributed by atoms with Crippen LogP contribution in [-0.4, -0.2) is 19.3 Å². The number of aliphatic hydroxyl groups is 1. The number of methoxy groups -OCH3 is 2. The van der Waals surface area contributed by atoms with Gasteiger partial charge >= 0.3 is 0 Å². The van der Waals surface area contributed by atoms with Crippen LogP contribution in [0.1, 0.15) is 29.7 Å². The molecule has 5 heteroatoms. The highest BCUT2D eigenvalue weighted by Gasteiger charge is 2.16. The van der Waals surface area contributed by atoms with Crippen LogP contribution in [0.2, 0.25) is 10.0 Å². The Morgan fingerprint density at radius 2 is 1.61 bits per heavy atom. The normalized spacial score (nSPS) is 12.1. The summed E-state index contributed by atoms with van der Waals surface area (Å²) in [5.41, 5.74) is 2.53. The van der Waals surface area contributed by atoms with E-state index in [0.717, 1.165) is 17.5 Å². The van der Waals surface area contributed by atoms with Crippen molar-refractivity contribution in [2.24, 2.45) is 0 Å². The van der Waals surface area contributed by atoms with Crippen LogP contribution >= 0.6 is 23.2 Å². The monoisotopic (exact) mass is 354 g/mol. The Bertz CT molecular complexity index is 663. The molecule has 0 amide bonds. The predicted molar refractivity (Wildman–Crippen MR) is 94.0 cm³/mol. The summed E-state index contributed by atoms with van der Waals surface area (Å²) in [5, 5.41) is 11.7. The molecule has 0 aliphatic rings. The lowest BCUT2D eigenvalue weighted by Crippen LogP contribution is -2.04. The molecule has 0 radical (unpaired) electrons. The predicted octanol–water partition coefficient (Wildman–Crippen LogP) is 4.85. The standard InChI is InChI=1S/C18H20Cl2O3/c1-4-11-7-14(19)13(15(20)8-11)10-16(21)12-5-6-17(22-2)18(9-12)23-3/h5-9,16,21H,4,10H2,1-3H3/t16-/m0/s1. The van der Waals surface area contributed by atoms with Crippen molar-refractivity contribution in [3.8, 4) is 11.5 Å². The van der Waals surface area contributed by atoms with E-state index in [1.54, 1.807) is 32.4 Å². The van der Waals surface area contributed by atoms with Crippen LogP contribution in [0.4, 0.5) is 0 Å². The Hall–Kier alpha value is -1.42. The van der Waals surface area contributed by atoms with E-state index in [2.05, 4.69) is 0 Å². The molecule has 0 aromatic heterocycles. The molecule has 0 fully saturated rings. The maximum atomic E-state index is 10.5. The third-order valence-electron chi connectivity index (χ3n) is 3.80. The highest BCUT2D eigenvalue weighted by molar-refractivity contribution is 6.36. The van der Waals surface area contributed by atoms with Gasteiger partial charge in [-0.25, -0.2) is 0 Å². The quantitative estimate of drug-likeness (QED) is 0.805.